The summed E-state index contributed by atoms with van der Waals surface area (Å²) in [6.45, 7) is 4.90. The number of carbonyl (C=O) groups excluding carboxylic acids is 1. The Morgan fingerprint density at radius 2 is 1.96 bits per heavy atom. The van der Waals surface area contributed by atoms with Crippen LogP contribution in [-0.4, -0.2) is 27.3 Å². The molecule has 7 heteroatoms. The third kappa shape index (κ3) is 5.31. The van der Waals surface area contributed by atoms with Gasteiger partial charge in [0.25, 0.3) is 0 Å². The van der Waals surface area contributed by atoms with Crippen LogP contribution in [0, 0.1) is 13.8 Å². The fraction of sp³-hybridized carbons (Fsp3) is 0.250. The van der Waals surface area contributed by atoms with Crippen LogP contribution in [0.4, 0.5) is 4.79 Å². The molecule has 140 valence electrons. The zero-order valence-electron chi connectivity index (χ0n) is 15.4. The molecule has 6 nitrogen and oxygen atoms in total. The van der Waals surface area contributed by atoms with E-state index >= 15 is 0 Å². The smallest absolute Gasteiger partial charge is 0.315 e. The summed E-state index contributed by atoms with van der Waals surface area (Å²) in [7, 11) is 0. The predicted molar refractivity (Wildman–Crippen MR) is 106 cm³/mol. The summed E-state index contributed by atoms with van der Waals surface area (Å²) in [4.78, 5) is 16.4. The topological polar surface area (TPSA) is 71.8 Å². The molecular weight excluding hydrogens is 362 g/mol. The average Bonchev–Trinajstić information content (AvgIpc) is 2.99. The van der Waals surface area contributed by atoms with Gasteiger partial charge in [0.05, 0.1) is 5.69 Å². The SMILES string of the molecule is Cc1cc(C)n(-c2ccc(CNC(=O)NCCc3cccc(Cl)c3)cn2)n1. The van der Waals surface area contributed by atoms with Crippen LogP contribution in [0.5, 0.6) is 0 Å². The lowest BCUT2D eigenvalue weighted by molar-refractivity contribution is 0.240. The third-order valence-electron chi connectivity index (χ3n) is 4.08. The van der Waals surface area contributed by atoms with E-state index in [0.717, 1.165) is 34.8 Å². The Hall–Kier alpha value is -2.86. The number of hydrogen-bond acceptors (Lipinski definition) is 3. The number of nitrogens with one attached hydrogen (secondary N) is 2. The number of aromatic nitrogens is 3. The molecule has 3 rings (SSSR count). The molecule has 0 fully saturated rings. The molecule has 0 aliphatic carbocycles. The maximum atomic E-state index is 11.9. The minimum absolute atomic E-state index is 0.209. The van der Waals surface area contributed by atoms with Crippen molar-refractivity contribution in [1.82, 2.24) is 25.4 Å². The molecule has 2 N–H and O–H groups in total. The first-order valence-corrected chi connectivity index (χ1v) is 9.14. The summed E-state index contributed by atoms with van der Waals surface area (Å²) < 4.78 is 1.80. The van der Waals surface area contributed by atoms with E-state index in [1.165, 1.54) is 0 Å². The minimum atomic E-state index is -0.209. The lowest BCUT2D eigenvalue weighted by Crippen LogP contribution is -2.36. The van der Waals surface area contributed by atoms with E-state index in [9.17, 15) is 4.79 Å². The lowest BCUT2D eigenvalue weighted by atomic mass is 10.1. The third-order valence-corrected chi connectivity index (χ3v) is 4.31. The summed E-state index contributed by atoms with van der Waals surface area (Å²) >= 11 is 5.95. The number of rotatable bonds is 6. The summed E-state index contributed by atoms with van der Waals surface area (Å²) in [5.41, 5.74) is 4.00. The highest BCUT2D eigenvalue weighted by Crippen LogP contribution is 2.11. The first kappa shape index (κ1) is 18.9. The van der Waals surface area contributed by atoms with Gasteiger partial charge in [0.1, 0.15) is 0 Å². The van der Waals surface area contributed by atoms with Crippen molar-refractivity contribution >= 4 is 17.6 Å². The standard InChI is InChI=1S/C20H22ClN5O/c1-14-10-15(2)26(25-14)19-7-6-17(12-23-19)13-24-20(27)22-9-8-16-4-3-5-18(21)11-16/h3-7,10-12H,8-9,13H2,1-2H3,(H2,22,24,27). The molecule has 0 atom stereocenters. The first-order chi connectivity index (χ1) is 13.0. The Kier molecular flexibility index (Phi) is 6.08. The quantitative estimate of drug-likeness (QED) is 0.683. The van der Waals surface area contributed by atoms with Crippen LogP contribution < -0.4 is 10.6 Å². The fourth-order valence-electron chi connectivity index (χ4n) is 2.77. The van der Waals surface area contributed by atoms with Crippen molar-refractivity contribution in [2.24, 2.45) is 0 Å². The van der Waals surface area contributed by atoms with E-state index in [1.807, 2.05) is 56.3 Å². The maximum absolute atomic E-state index is 11.9. The van der Waals surface area contributed by atoms with Gasteiger partial charge in [0, 0.05) is 30.0 Å². The van der Waals surface area contributed by atoms with Crippen molar-refractivity contribution in [2.75, 3.05) is 6.54 Å². The van der Waals surface area contributed by atoms with Gasteiger partial charge >= 0.3 is 6.03 Å². The van der Waals surface area contributed by atoms with Crippen molar-refractivity contribution in [2.45, 2.75) is 26.8 Å². The molecule has 0 saturated carbocycles. The Bertz CT molecular complexity index is 920. The Morgan fingerprint density at radius 3 is 2.63 bits per heavy atom. The molecule has 27 heavy (non-hydrogen) atoms. The summed E-state index contributed by atoms with van der Waals surface area (Å²) in [5, 5.41) is 10.8. The van der Waals surface area contributed by atoms with E-state index in [-0.39, 0.29) is 6.03 Å². The van der Waals surface area contributed by atoms with E-state index in [1.54, 1.807) is 10.9 Å². The molecule has 2 amide bonds. The van der Waals surface area contributed by atoms with Gasteiger partial charge in [-0.15, -0.1) is 0 Å². The molecule has 1 aromatic carbocycles. The Balaban J connectivity index is 1.45. The molecule has 0 bridgehead atoms. The van der Waals surface area contributed by atoms with Crippen molar-refractivity contribution in [1.29, 1.82) is 0 Å². The van der Waals surface area contributed by atoms with Crippen molar-refractivity contribution < 1.29 is 4.79 Å². The van der Waals surface area contributed by atoms with Gasteiger partial charge in [-0.2, -0.15) is 5.10 Å². The van der Waals surface area contributed by atoms with Crippen LogP contribution in [0.15, 0.2) is 48.7 Å². The van der Waals surface area contributed by atoms with Gasteiger partial charge in [0.2, 0.25) is 0 Å². The molecule has 0 spiro atoms. The highest BCUT2D eigenvalue weighted by molar-refractivity contribution is 6.30. The normalized spacial score (nSPS) is 10.6. The number of carbonyl (C=O) groups is 1. The van der Waals surface area contributed by atoms with E-state index in [4.69, 9.17) is 11.6 Å². The summed E-state index contributed by atoms with van der Waals surface area (Å²) in [5.74, 6) is 0.760. The van der Waals surface area contributed by atoms with Crippen LogP contribution in [0.3, 0.4) is 0 Å². The Morgan fingerprint density at radius 1 is 1.11 bits per heavy atom. The maximum Gasteiger partial charge on any atom is 0.315 e. The monoisotopic (exact) mass is 383 g/mol. The molecular formula is C20H22ClN5O. The van der Waals surface area contributed by atoms with Crippen molar-refractivity contribution in [3.05, 3.63) is 76.2 Å². The second-order valence-electron chi connectivity index (χ2n) is 6.35. The molecule has 0 aliphatic rings. The van der Waals surface area contributed by atoms with Crippen molar-refractivity contribution in [3.8, 4) is 5.82 Å². The zero-order valence-corrected chi connectivity index (χ0v) is 16.1. The number of urea groups is 1. The van der Waals surface area contributed by atoms with Crippen LogP contribution in [0.2, 0.25) is 5.02 Å². The molecule has 0 aliphatic heterocycles. The second kappa shape index (κ2) is 8.68. The number of amides is 2. The fourth-order valence-corrected chi connectivity index (χ4v) is 2.98. The highest BCUT2D eigenvalue weighted by atomic mass is 35.5. The number of benzene rings is 1. The Labute approximate surface area is 163 Å². The zero-order chi connectivity index (χ0) is 19.2. The van der Waals surface area contributed by atoms with Crippen molar-refractivity contribution in [3.63, 3.8) is 0 Å². The number of aryl methyl sites for hydroxylation is 2. The van der Waals surface area contributed by atoms with Gasteiger partial charge in [-0.3, -0.25) is 0 Å². The number of pyridine rings is 1. The molecule has 0 unspecified atom stereocenters. The van der Waals surface area contributed by atoms with Gasteiger partial charge in [-0.05, 0) is 55.7 Å². The second-order valence-corrected chi connectivity index (χ2v) is 6.79. The molecule has 0 saturated heterocycles. The number of halogens is 1. The molecule has 3 aromatic rings. The van der Waals surface area contributed by atoms with Gasteiger partial charge in [-0.25, -0.2) is 14.5 Å². The molecule has 2 aromatic heterocycles. The van der Waals surface area contributed by atoms with E-state index in [0.29, 0.717) is 18.1 Å². The summed E-state index contributed by atoms with van der Waals surface area (Å²) in [6, 6.07) is 13.3. The average molecular weight is 384 g/mol. The highest BCUT2D eigenvalue weighted by Gasteiger charge is 2.06. The minimum Gasteiger partial charge on any atom is -0.338 e. The number of nitrogens with zero attached hydrogens (tertiary/aromatic N) is 3. The van der Waals surface area contributed by atoms with Gasteiger partial charge in [0.15, 0.2) is 5.82 Å². The van der Waals surface area contributed by atoms with Crippen LogP contribution in [0.1, 0.15) is 22.5 Å². The van der Waals surface area contributed by atoms with Crippen LogP contribution in [-0.2, 0) is 13.0 Å². The first-order valence-electron chi connectivity index (χ1n) is 8.76. The lowest BCUT2D eigenvalue weighted by Gasteiger charge is -2.09. The molecule has 2 heterocycles. The predicted octanol–water partition coefficient (Wildman–Crippen LogP) is 3.58. The van der Waals surface area contributed by atoms with E-state index < -0.39 is 0 Å². The van der Waals surface area contributed by atoms with E-state index in [2.05, 4.69) is 20.7 Å². The largest absolute Gasteiger partial charge is 0.338 e. The van der Waals surface area contributed by atoms with Gasteiger partial charge < -0.3 is 10.6 Å². The van der Waals surface area contributed by atoms with Crippen LogP contribution in [0.25, 0.3) is 5.82 Å². The molecule has 0 radical (unpaired) electrons. The van der Waals surface area contributed by atoms with Crippen LogP contribution >= 0.6 is 11.6 Å². The summed E-state index contributed by atoms with van der Waals surface area (Å²) in [6.07, 6.45) is 2.48. The van der Waals surface area contributed by atoms with Gasteiger partial charge in [-0.1, -0.05) is 29.8 Å². The number of hydrogen-bond donors (Lipinski definition) is 2.